The van der Waals surface area contributed by atoms with Gasteiger partial charge in [-0.15, -0.1) is 0 Å². The first-order valence-corrected chi connectivity index (χ1v) is 8.63. The van der Waals surface area contributed by atoms with E-state index in [1.807, 2.05) is 19.1 Å². The summed E-state index contributed by atoms with van der Waals surface area (Å²) < 4.78 is 20.9. The molecule has 0 atom stereocenters. The van der Waals surface area contributed by atoms with Gasteiger partial charge in [-0.1, -0.05) is 31.2 Å². The Hall–Kier alpha value is -2.76. The van der Waals surface area contributed by atoms with Crippen LogP contribution in [0.25, 0.3) is 10.8 Å². The maximum absolute atomic E-state index is 12.0. The molecule has 0 N–H and O–H groups in total. The van der Waals surface area contributed by atoms with Crippen LogP contribution < -0.4 is 9.47 Å². The molecule has 2 aromatic carbocycles. The van der Waals surface area contributed by atoms with Crippen LogP contribution in [0.4, 0.5) is 9.59 Å². The lowest BCUT2D eigenvalue weighted by Gasteiger charge is -2.16. The standard InChI is InChI=1S/C20H24O6/c1-6-14-11-17(25-19(21)23-12(2)3)15-9-7-8-10-16(15)18(14)26-20(22)24-13(4)5/h7-13H,6H2,1-5H3. The summed E-state index contributed by atoms with van der Waals surface area (Å²) in [4.78, 5) is 23.9. The Morgan fingerprint density at radius 1 is 0.885 bits per heavy atom. The number of carbonyl (C=O) groups excluding carboxylic acids is 2. The van der Waals surface area contributed by atoms with Gasteiger partial charge < -0.3 is 18.9 Å². The minimum absolute atomic E-state index is 0.284. The monoisotopic (exact) mass is 360 g/mol. The summed E-state index contributed by atoms with van der Waals surface area (Å²) in [6, 6.07) is 8.89. The highest BCUT2D eigenvalue weighted by atomic mass is 16.7. The molecule has 6 heteroatoms. The SMILES string of the molecule is CCc1cc(OC(=O)OC(C)C)c2ccccc2c1OC(=O)OC(C)C. The van der Waals surface area contributed by atoms with Crippen molar-refractivity contribution in [3.8, 4) is 11.5 Å². The van der Waals surface area contributed by atoms with Crippen LogP contribution in [0.1, 0.15) is 40.2 Å². The zero-order valence-corrected chi connectivity index (χ0v) is 15.7. The van der Waals surface area contributed by atoms with Crippen LogP contribution in [-0.2, 0) is 15.9 Å². The lowest BCUT2D eigenvalue weighted by atomic mass is 10.0. The molecule has 0 unspecified atom stereocenters. The minimum Gasteiger partial charge on any atom is -0.431 e. The Morgan fingerprint density at radius 2 is 1.42 bits per heavy atom. The zero-order chi connectivity index (χ0) is 19.3. The molecular formula is C20H24O6. The lowest BCUT2D eigenvalue weighted by molar-refractivity contribution is 0.0711. The highest BCUT2D eigenvalue weighted by molar-refractivity contribution is 5.96. The van der Waals surface area contributed by atoms with E-state index in [4.69, 9.17) is 18.9 Å². The summed E-state index contributed by atoms with van der Waals surface area (Å²) in [6.45, 7) is 8.90. The molecule has 0 aliphatic heterocycles. The molecule has 0 radical (unpaired) electrons. The van der Waals surface area contributed by atoms with Crippen molar-refractivity contribution in [3.63, 3.8) is 0 Å². The number of hydrogen-bond donors (Lipinski definition) is 0. The molecule has 0 aromatic heterocycles. The maximum Gasteiger partial charge on any atom is 0.514 e. The van der Waals surface area contributed by atoms with Crippen molar-refractivity contribution in [2.24, 2.45) is 0 Å². The van der Waals surface area contributed by atoms with Gasteiger partial charge in [-0.05, 0) is 45.7 Å². The predicted octanol–water partition coefficient (Wildman–Crippen LogP) is 5.25. The van der Waals surface area contributed by atoms with Crippen molar-refractivity contribution in [2.75, 3.05) is 0 Å². The van der Waals surface area contributed by atoms with E-state index in [9.17, 15) is 9.59 Å². The largest absolute Gasteiger partial charge is 0.514 e. The van der Waals surface area contributed by atoms with Crippen molar-refractivity contribution in [1.82, 2.24) is 0 Å². The van der Waals surface area contributed by atoms with Crippen molar-refractivity contribution >= 4 is 23.1 Å². The molecule has 2 rings (SSSR count). The van der Waals surface area contributed by atoms with Crippen molar-refractivity contribution in [3.05, 3.63) is 35.9 Å². The number of rotatable bonds is 5. The van der Waals surface area contributed by atoms with E-state index < -0.39 is 12.3 Å². The van der Waals surface area contributed by atoms with Gasteiger partial charge in [-0.2, -0.15) is 0 Å². The summed E-state index contributed by atoms with van der Waals surface area (Å²) in [5, 5.41) is 1.29. The van der Waals surface area contributed by atoms with Crippen molar-refractivity contribution in [2.45, 2.75) is 53.2 Å². The van der Waals surface area contributed by atoms with E-state index in [0.29, 0.717) is 28.7 Å². The molecule has 0 fully saturated rings. The Kier molecular flexibility index (Phi) is 6.44. The van der Waals surface area contributed by atoms with E-state index in [1.165, 1.54) is 0 Å². The highest BCUT2D eigenvalue weighted by Gasteiger charge is 2.19. The van der Waals surface area contributed by atoms with E-state index in [1.54, 1.807) is 45.9 Å². The first-order valence-electron chi connectivity index (χ1n) is 8.63. The number of benzene rings is 2. The van der Waals surface area contributed by atoms with Gasteiger partial charge >= 0.3 is 12.3 Å². The first-order chi connectivity index (χ1) is 12.3. The van der Waals surface area contributed by atoms with E-state index in [-0.39, 0.29) is 12.2 Å². The van der Waals surface area contributed by atoms with Crippen LogP contribution in [0.3, 0.4) is 0 Å². The fourth-order valence-electron chi connectivity index (χ4n) is 2.44. The van der Waals surface area contributed by atoms with Crippen LogP contribution in [0, 0.1) is 0 Å². The fraction of sp³-hybridized carbons (Fsp3) is 0.400. The maximum atomic E-state index is 12.0. The lowest BCUT2D eigenvalue weighted by Crippen LogP contribution is -2.17. The molecule has 140 valence electrons. The molecule has 0 spiro atoms. The third-order valence-corrected chi connectivity index (χ3v) is 3.46. The fourth-order valence-corrected chi connectivity index (χ4v) is 2.44. The minimum atomic E-state index is -0.778. The van der Waals surface area contributed by atoms with Crippen LogP contribution in [-0.4, -0.2) is 24.5 Å². The molecule has 0 bridgehead atoms. The molecule has 6 nitrogen and oxygen atoms in total. The number of fused-ring (bicyclic) bond motifs is 1. The Labute approximate surface area is 153 Å². The van der Waals surface area contributed by atoms with Crippen LogP contribution in [0.5, 0.6) is 11.5 Å². The number of aryl methyl sites for hydroxylation is 1. The second kappa shape index (κ2) is 8.56. The average Bonchev–Trinajstić information content (AvgIpc) is 2.55. The van der Waals surface area contributed by atoms with Gasteiger partial charge in [0, 0.05) is 10.8 Å². The van der Waals surface area contributed by atoms with Crippen LogP contribution in [0.15, 0.2) is 30.3 Å². The topological polar surface area (TPSA) is 71.1 Å². The van der Waals surface area contributed by atoms with Gasteiger partial charge in [0.15, 0.2) is 0 Å². The third kappa shape index (κ3) is 4.88. The highest BCUT2D eigenvalue weighted by Crippen LogP contribution is 2.37. The first kappa shape index (κ1) is 19.6. The molecule has 0 saturated heterocycles. The summed E-state index contributed by atoms with van der Waals surface area (Å²) in [6.07, 6.45) is -1.54. The van der Waals surface area contributed by atoms with Gasteiger partial charge in [0.1, 0.15) is 11.5 Å². The van der Waals surface area contributed by atoms with Gasteiger partial charge in [0.05, 0.1) is 12.2 Å². The predicted molar refractivity (Wildman–Crippen MR) is 97.8 cm³/mol. The van der Waals surface area contributed by atoms with Gasteiger partial charge in [-0.3, -0.25) is 0 Å². The Bertz CT molecular complexity index is 794. The van der Waals surface area contributed by atoms with E-state index in [2.05, 4.69) is 0 Å². The van der Waals surface area contributed by atoms with Gasteiger partial charge in [-0.25, -0.2) is 9.59 Å². The molecule has 0 amide bonds. The smallest absolute Gasteiger partial charge is 0.431 e. The Morgan fingerprint density at radius 3 is 1.96 bits per heavy atom. The summed E-state index contributed by atoms with van der Waals surface area (Å²) >= 11 is 0. The molecular weight excluding hydrogens is 336 g/mol. The van der Waals surface area contributed by atoms with Crippen molar-refractivity contribution in [1.29, 1.82) is 0 Å². The summed E-state index contributed by atoms with van der Waals surface area (Å²) in [5.41, 5.74) is 0.719. The van der Waals surface area contributed by atoms with Crippen LogP contribution in [0.2, 0.25) is 0 Å². The normalized spacial score (nSPS) is 10.9. The second-order valence-electron chi connectivity index (χ2n) is 6.30. The summed E-state index contributed by atoms with van der Waals surface area (Å²) in [5.74, 6) is 0.756. The second-order valence-corrected chi connectivity index (χ2v) is 6.30. The van der Waals surface area contributed by atoms with Gasteiger partial charge in [0.25, 0.3) is 0 Å². The summed E-state index contributed by atoms with van der Waals surface area (Å²) in [7, 11) is 0. The van der Waals surface area contributed by atoms with Crippen LogP contribution >= 0.6 is 0 Å². The average molecular weight is 360 g/mol. The van der Waals surface area contributed by atoms with Gasteiger partial charge in [0.2, 0.25) is 0 Å². The van der Waals surface area contributed by atoms with E-state index in [0.717, 1.165) is 5.56 Å². The number of hydrogen-bond acceptors (Lipinski definition) is 6. The van der Waals surface area contributed by atoms with Crippen molar-refractivity contribution < 1.29 is 28.5 Å². The quantitative estimate of drug-likeness (QED) is 0.536. The Balaban J connectivity index is 2.46. The number of carbonyl (C=O) groups is 2. The zero-order valence-electron chi connectivity index (χ0n) is 15.7. The molecule has 0 heterocycles. The number of ether oxygens (including phenoxy) is 4. The van der Waals surface area contributed by atoms with E-state index >= 15 is 0 Å². The molecule has 26 heavy (non-hydrogen) atoms. The molecule has 0 aliphatic rings. The molecule has 2 aromatic rings. The third-order valence-electron chi connectivity index (χ3n) is 3.46. The molecule has 0 aliphatic carbocycles. The molecule has 0 saturated carbocycles.